The molecule has 0 aliphatic carbocycles. The lowest BCUT2D eigenvalue weighted by molar-refractivity contribution is 0.0601. The fraction of sp³-hybridized carbons (Fsp3) is 0.238. The zero-order valence-corrected chi connectivity index (χ0v) is 16.8. The topological polar surface area (TPSA) is 105 Å². The molecule has 3 aromatic rings. The number of thioether (sulfide) groups is 1. The van der Waals surface area contributed by atoms with Crippen LogP contribution >= 0.6 is 11.8 Å². The molecule has 0 spiro atoms. The Bertz CT molecular complexity index is 1160. The van der Waals surface area contributed by atoms with E-state index in [4.69, 9.17) is 4.74 Å². The number of aliphatic hydroxyl groups excluding tert-OH is 1. The second-order valence-corrected chi connectivity index (χ2v) is 7.38. The summed E-state index contributed by atoms with van der Waals surface area (Å²) in [6.45, 7) is 1.68. The second kappa shape index (κ2) is 8.90. The fourth-order valence-corrected chi connectivity index (χ4v) is 3.89. The van der Waals surface area contributed by atoms with Gasteiger partial charge in [-0.3, -0.25) is 9.36 Å². The van der Waals surface area contributed by atoms with Crippen molar-refractivity contribution >= 4 is 28.6 Å². The number of ether oxygens (including phenoxy) is 1. The molecule has 0 bridgehead atoms. The van der Waals surface area contributed by atoms with Gasteiger partial charge < -0.3 is 9.84 Å². The molecule has 8 heteroatoms. The third-order valence-electron chi connectivity index (χ3n) is 4.28. The van der Waals surface area contributed by atoms with Crippen LogP contribution in [-0.4, -0.2) is 33.8 Å². The van der Waals surface area contributed by atoms with Gasteiger partial charge in [-0.05, 0) is 36.8 Å². The standard InChI is InChI=1S/C21H19N3O4S/c1-13(25)11-24-19(26)17-8-7-14(20(27)28-2)9-18(17)23-21(24)29-12-16-6-4-3-5-15(16)10-22/h3-9,13,25H,11-12H2,1-2H3/t13-/m1/s1. The largest absolute Gasteiger partial charge is 0.465 e. The van der Waals surface area contributed by atoms with Gasteiger partial charge in [-0.1, -0.05) is 30.0 Å². The first-order valence-corrected chi connectivity index (χ1v) is 9.85. The van der Waals surface area contributed by atoms with Gasteiger partial charge in [0, 0.05) is 5.75 Å². The summed E-state index contributed by atoms with van der Waals surface area (Å²) in [7, 11) is 1.29. The third-order valence-corrected chi connectivity index (χ3v) is 5.31. The predicted molar refractivity (Wildman–Crippen MR) is 110 cm³/mol. The van der Waals surface area contributed by atoms with E-state index in [0.29, 0.717) is 32.9 Å². The van der Waals surface area contributed by atoms with Crippen LogP contribution in [0.15, 0.2) is 52.4 Å². The molecule has 1 heterocycles. The van der Waals surface area contributed by atoms with E-state index in [2.05, 4.69) is 11.1 Å². The number of methoxy groups -OCH3 is 1. The monoisotopic (exact) mass is 409 g/mol. The van der Waals surface area contributed by atoms with Gasteiger partial charge >= 0.3 is 5.97 Å². The normalized spacial score (nSPS) is 11.8. The van der Waals surface area contributed by atoms with Crippen LogP contribution in [0, 0.1) is 11.3 Å². The zero-order valence-electron chi connectivity index (χ0n) is 16.0. The molecule has 1 N–H and O–H groups in total. The van der Waals surface area contributed by atoms with Gasteiger partial charge in [0.2, 0.25) is 0 Å². The Hall–Kier alpha value is -3.15. The summed E-state index contributed by atoms with van der Waals surface area (Å²) < 4.78 is 6.16. The van der Waals surface area contributed by atoms with E-state index in [9.17, 15) is 20.0 Å². The van der Waals surface area contributed by atoms with Crippen molar-refractivity contribution in [3.8, 4) is 6.07 Å². The molecular formula is C21H19N3O4S. The number of fused-ring (bicyclic) bond motifs is 1. The molecule has 0 saturated heterocycles. The Morgan fingerprint density at radius 1 is 1.34 bits per heavy atom. The highest BCUT2D eigenvalue weighted by molar-refractivity contribution is 7.98. The minimum atomic E-state index is -0.743. The van der Waals surface area contributed by atoms with Gasteiger partial charge in [0.05, 0.1) is 47.9 Å². The van der Waals surface area contributed by atoms with E-state index in [1.54, 1.807) is 19.1 Å². The van der Waals surface area contributed by atoms with Crippen molar-refractivity contribution in [3.05, 3.63) is 69.5 Å². The Morgan fingerprint density at radius 3 is 2.79 bits per heavy atom. The molecule has 1 aromatic heterocycles. The first-order chi connectivity index (χ1) is 13.9. The first kappa shape index (κ1) is 20.6. The van der Waals surface area contributed by atoms with Crippen molar-refractivity contribution in [1.29, 1.82) is 5.26 Å². The minimum Gasteiger partial charge on any atom is -0.465 e. The molecule has 7 nitrogen and oxygen atoms in total. The highest BCUT2D eigenvalue weighted by Gasteiger charge is 2.16. The van der Waals surface area contributed by atoms with E-state index < -0.39 is 12.1 Å². The first-order valence-electron chi connectivity index (χ1n) is 8.86. The van der Waals surface area contributed by atoms with Gasteiger partial charge in [-0.25, -0.2) is 9.78 Å². The lowest BCUT2D eigenvalue weighted by atomic mass is 10.1. The van der Waals surface area contributed by atoms with Crippen LogP contribution < -0.4 is 5.56 Å². The van der Waals surface area contributed by atoms with E-state index in [1.165, 1.54) is 41.6 Å². The summed E-state index contributed by atoms with van der Waals surface area (Å²) in [5.74, 6) is -0.0861. The van der Waals surface area contributed by atoms with Crippen molar-refractivity contribution in [2.75, 3.05) is 7.11 Å². The fourth-order valence-electron chi connectivity index (χ4n) is 2.88. The Morgan fingerprint density at radius 2 is 2.10 bits per heavy atom. The summed E-state index contributed by atoms with van der Waals surface area (Å²) in [5, 5.41) is 19.9. The number of hydrogen-bond donors (Lipinski definition) is 1. The number of benzene rings is 2. The average molecular weight is 409 g/mol. The molecule has 0 aliphatic heterocycles. The third kappa shape index (κ3) is 4.47. The smallest absolute Gasteiger partial charge is 0.337 e. The summed E-state index contributed by atoms with van der Waals surface area (Å²) in [4.78, 5) is 29.4. The zero-order chi connectivity index (χ0) is 21.0. The number of rotatable bonds is 6. The van der Waals surface area contributed by atoms with E-state index in [0.717, 1.165) is 5.56 Å². The predicted octanol–water partition coefficient (Wildman–Crippen LogP) is 2.73. The van der Waals surface area contributed by atoms with Crippen LogP contribution in [-0.2, 0) is 17.0 Å². The van der Waals surface area contributed by atoms with Crippen LogP contribution in [0.25, 0.3) is 10.9 Å². The van der Waals surface area contributed by atoms with Gasteiger partial charge in [0.25, 0.3) is 5.56 Å². The summed E-state index contributed by atoms with van der Waals surface area (Å²) >= 11 is 1.29. The van der Waals surface area contributed by atoms with Gasteiger partial charge in [-0.2, -0.15) is 5.26 Å². The summed E-state index contributed by atoms with van der Waals surface area (Å²) in [6, 6.07) is 13.9. The van der Waals surface area contributed by atoms with Crippen molar-refractivity contribution in [1.82, 2.24) is 9.55 Å². The van der Waals surface area contributed by atoms with Crippen LogP contribution in [0.5, 0.6) is 0 Å². The lowest BCUT2D eigenvalue weighted by Crippen LogP contribution is -2.28. The Kier molecular flexibility index (Phi) is 6.32. The van der Waals surface area contributed by atoms with E-state index in [1.807, 2.05) is 12.1 Å². The molecule has 0 amide bonds. The molecule has 0 aliphatic rings. The molecule has 148 valence electrons. The Labute approximate surface area is 171 Å². The van der Waals surface area contributed by atoms with Crippen molar-refractivity contribution < 1.29 is 14.6 Å². The number of carbonyl (C=O) groups excluding carboxylic acids is 1. The number of aromatic nitrogens is 2. The molecule has 3 rings (SSSR count). The molecule has 0 fully saturated rings. The van der Waals surface area contributed by atoms with Crippen LogP contribution in [0.3, 0.4) is 0 Å². The number of hydrogen-bond acceptors (Lipinski definition) is 7. The van der Waals surface area contributed by atoms with Gasteiger partial charge in [0.1, 0.15) is 0 Å². The van der Waals surface area contributed by atoms with Crippen molar-refractivity contribution in [2.45, 2.75) is 30.5 Å². The van der Waals surface area contributed by atoms with Crippen LogP contribution in [0.2, 0.25) is 0 Å². The number of nitrogens with zero attached hydrogens (tertiary/aromatic N) is 3. The maximum Gasteiger partial charge on any atom is 0.337 e. The van der Waals surface area contributed by atoms with Crippen LogP contribution in [0.1, 0.15) is 28.4 Å². The highest BCUT2D eigenvalue weighted by atomic mass is 32.2. The SMILES string of the molecule is COC(=O)c1ccc2c(=O)n(C[C@@H](C)O)c(SCc3ccccc3C#N)nc2c1. The number of nitriles is 1. The maximum absolute atomic E-state index is 13.0. The summed E-state index contributed by atoms with van der Waals surface area (Å²) in [6.07, 6.45) is -0.743. The molecule has 0 saturated carbocycles. The number of aliphatic hydroxyl groups is 1. The molecule has 0 unspecified atom stereocenters. The van der Waals surface area contributed by atoms with Crippen LogP contribution in [0.4, 0.5) is 0 Å². The van der Waals surface area contributed by atoms with E-state index >= 15 is 0 Å². The molecule has 0 radical (unpaired) electrons. The highest BCUT2D eigenvalue weighted by Crippen LogP contribution is 2.24. The van der Waals surface area contributed by atoms with Crippen molar-refractivity contribution in [2.24, 2.45) is 0 Å². The quantitative estimate of drug-likeness (QED) is 0.379. The van der Waals surface area contributed by atoms with Gasteiger partial charge in [0.15, 0.2) is 5.16 Å². The molecular weight excluding hydrogens is 390 g/mol. The molecule has 29 heavy (non-hydrogen) atoms. The Balaban J connectivity index is 2.08. The van der Waals surface area contributed by atoms with E-state index in [-0.39, 0.29) is 12.1 Å². The summed E-state index contributed by atoms with van der Waals surface area (Å²) in [5.41, 5.74) is 1.74. The van der Waals surface area contributed by atoms with Gasteiger partial charge in [-0.15, -0.1) is 0 Å². The average Bonchev–Trinajstić information content (AvgIpc) is 2.73. The molecule has 2 aromatic carbocycles. The van der Waals surface area contributed by atoms with Crippen molar-refractivity contribution in [3.63, 3.8) is 0 Å². The molecule has 1 atom stereocenters. The second-order valence-electron chi connectivity index (χ2n) is 6.44. The number of carbonyl (C=O) groups is 1. The maximum atomic E-state index is 13.0. The number of esters is 1. The lowest BCUT2D eigenvalue weighted by Gasteiger charge is -2.15. The minimum absolute atomic E-state index is 0.0861.